The summed E-state index contributed by atoms with van der Waals surface area (Å²) < 4.78 is 22.4. The third-order valence-corrected chi connectivity index (χ3v) is 3.02. The van der Waals surface area contributed by atoms with Crippen molar-refractivity contribution in [1.82, 2.24) is 0 Å². The maximum absolute atomic E-state index is 11.2. The number of hydrogen-bond donors (Lipinski definition) is 2. The topological polar surface area (TPSA) is 86.2 Å². The van der Waals surface area contributed by atoms with Crippen LogP contribution < -0.4 is 10.9 Å². The van der Waals surface area contributed by atoms with E-state index in [9.17, 15) is 8.42 Å². The van der Waals surface area contributed by atoms with Gasteiger partial charge in [0.25, 0.3) is 0 Å². The van der Waals surface area contributed by atoms with Gasteiger partial charge in [0, 0.05) is 5.69 Å². The normalized spacial score (nSPS) is 12.8. The molecule has 84 valence electrons. The first-order chi connectivity index (χ1) is 6.60. The Bertz CT molecular complexity index is 473. The van der Waals surface area contributed by atoms with Crippen LogP contribution in [-0.4, -0.2) is 8.42 Å². The van der Waals surface area contributed by atoms with Gasteiger partial charge in [-0.05, 0) is 29.2 Å². The molecule has 15 heavy (non-hydrogen) atoms. The lowest BCUT2D eigenvalue weighted by atomic mass is 9.87. The van der Waals surface area contributed by atoms with Crippen LogP contribution in [0.15, 0.2) is 23.1 Å². The monoisotopic (exact) mass is 228 g/mol. The fourth-order valence-electron chi connectivity index (χ4n) is 1.22. The first-order valence-electron chi connectivity index (χ1n) is 4.54. The van der Waals surface area contributed by atoms with Crippen molar-refractivity contribution in [3.8, 4) is 0 Å². The number of anilines is 1. The highest BCUT2D eigenvalue weighted by Crippen LogP contribution is 2.26. The summed E-state index contributed by atoms with van der Waals surface area (Å²) in [5, 5.41) is 5.05. The Balaban J connectivity index is 3.43. The fourth-order valence-corrected chi connectivity index (χ4v) is 1.81. The summed E-state index contributed by atoms with van der Waals surface area (Å²) in [6.07, 6.45) is 0. The number of nitrogen functional groups attached to an aromatic ring is 1. The molecule has 0 fully saturated rings. The summed E-state index contributed by atoms with van der Waals surface area (Å²) in [5.74, 6) is 0. The molecule has 0 saturated carbocycles. The van der Waals surface area contributed by atoms with Crippen molar-refractivity contribution < 1.29 is 8.42 Å². The number of primary sulfonamides is 1. The van der Waals surface area contributed by atoms with Gasteiger partial charge in [-0.3, -0.25) is 0 Å². The molecule has 0 aliphatic rings. The molecule has 0 radical (unpaired) electrons. The number of nitrogens with two attached hydrogens (primary N) is 2. The van der Waals surface area contributed by atoms with Crippen LogP contribution in [0.3, 0.4) is 0 Å². The molecule has 4 N–H and O–H groups in total. The van der Waals surface area contributed by atoms with E-state index in [2.05, 4.69) is 0 Å². The van der Waals surface area contributed by atoms with Crippen molar-refractivity contribution in [1.29, 1.82) is 0 Å². The van der Waals surface area contributed by atoms with E-state index < -0.39 is 10.0 Å². The van der Waals surface area contributed by atoms with E-state index in [0.29, 0.717) is 5.69 Å². The van der Waals surface area contributed by atoms with Crippen molar-refractivity contribution in [2.75, 3.05) is 5.73 Å². The Labute approximate surface area is 90.3 Å². The average molecular weight is 228 g/mol. The van der Waals surface area contributed by atoms with Gasteiger partial charge in [-0.25, -0.2) is 13.6 Å². The van der Waals surface area contributed by atoms with Gasteiger partial charge >= 0.3 is 0 Å². The second-order valence-corrected chi connectivity index (χ2v) is 6.15. The molecule has 0 saturated heterocycles. The number of benzene rings is 1. The third-order valence-electron chi connectivity index (χ3n) is 2.12. The van der Waals surface area contributed by atoms with Gasteiger partial charge in [0.2, 0.25) is 10.0 Å². The van der Waals surface area contributed by atoms with Gasteiger partial charge in [-0.15, -0.1) is 0 Å². The van der Waals surface area contributed by atoms with Crippen LogP contribution in [0.5, 0.6) is 0 Å². The lowest BCUT2D eigenvalue weighted by molar-refractivity contribution is 0.584. The van der Waals surface area contributed by atoms with Gasteiger partial charge in [-0.2, -0.15) is 0 Å². The Morgan fingerprint density at radius 2 is 1.67 bits per heavy atom. The quantitative estimate of drug-likeness (QED) is 0.708. The van der Waals surface area contributed by atoms with Crippen LogP contribution >= 0.6 is 0 Å². The summed E-state index contributed by atoms with van der Waals surface area (Å²) >= 11 is 0. The van der Waals surface area contributed by atoms with Gasteiger partial charge in [0.15, 0.2) is 0 Å². The standard InChI is InChI=1S/C10H16N2O2S/c1-10(2,3)7-4-8(11)6-9(5-7)15(12,13)14/h4-6H,11H2,1-3H3,(H2,12,13,14). The molecule has 1 aromatic carbocycles. The molecule has 0 unspecified atom stereocenters. The number of sulfonamides is 1. The highest BCUT2D eigenvalue weighted by molar-refractivity contribution is 7.89. The maximum Gasteiger partial charge on any atom is 0.238 e. The minimum absolute atomic E-state index is 0.0624. The van der Waals surface area contributed by atoms with E-state index in [-0.39, 0.29) is 10.3 Å². The Hall–Kier alpha value is -1.07. The van der Waals surface area contributed by atoms with Crippen LogP contribution in [0.1, 0.15) is 26.3 Å². The number of rotatable bonds is 1. The minimum Gasteiger partial charge on any atom is -0.399 e. The summed E-state index contributed by atoms with van der Waals surface area (Å²) in [6, 6.07) is 4.69. The number of hydrogen-bond acceptors (Lipinski definition) is 3. The molecule has 0 aliphatic heterocycles. The van der Waals surface area contributed by atoms with E-state index in [0.717, 1.165) is 5.56 Å². The van der Waals surface area contributed by atoms with Crippen molar-refractivity contribution in [3.63, 3.8) is 0 Å². The van der Waals surface area contributed by atoms with Crippen molar-refractivity contribution in [2.24, 2.45) is 5.14 Å². The highest BCUT2D eigenvalue weighted by atomic mass is 32.2. The predicted octanol–water partition coefficient (Wildman–Crippen LogP) is 1.21. The molecule has 0 aromatic heterocycles. The summed E-state index contributed by atoms with van der Waals surface area (Å²) in [7, 11) is -3.69. The van der Waals surface area contributed by atoms with Gasteiger partial charge in [-0.1, -0.05) is 20.8 Å². The van der Waals surface area contributed by atoms with E-state index >= 15 is 0 Å². The molecule has 5 heteroatoms. The van der Waals surface area contributed by atoms with Crippen molar-refractivity contribution >= 4 is 15.7 Å². The summed E-state index contributed by atoms with van der Waals surface area (Å²) in [6.45, 7) is 5.94. The van der Waals surface area contributed by atoms with E-state index in [1.54, 1.807) is 12.1 Å². The maximum atomic E-state index is 11.2. The molecule has 0 heterocycles. The second kappa shape index (κ2) is 3.50. The zero-order valence-electron chi connectivity index (χ0n) is 9.11. The molecular weight excluding hydrogens is 212 g/mol. The van der Waals surface area contributed by atoms with Crippen molar-refractivity contribution in [3.05, 3.63) is 23.8 Å². The lowest BCUT2D eigenvalue weighted by Gasteiger charge is -2.20. The fraction of sp³-hybridized carbons (Fsp3) is 0.400. The third kappa shape index (κ3) is 2.94. The zero-order valence-corrected chi connectivity index (χ0v) is 9.93. The van der Waals surface area contributed by atoms with Gasteiger partial charge in [0.05, 0.1) is 4.90 Å². The molecule has 0 bridgehead atoms. The molecular formula is C10H16N2O2S. The molecule has 4 nitrogen and oxygen atoms in total. The van der Waals surface area contributed by atoms with Gasteiger partial charge in [0.1, 0.15) is 0 Å². The molecule has 1 aromatic rings. The highest BCUT2D eigenvalue weighted by Gasteiger charge is 2.17. The first-order valence-corrected chi connectivity index (χ1v) is 6.09. The van der Waals surface area contributed by atoms with E-state index in [1.165, 1.54) is 6.07 Å². The predicted molar refractivity (Wildman–Crippen MR) is 60.9 cm³/mol. The Morgan fingerprint density at radius 3 is 2.07 bits per heavy atom. The van der Waals surface area contributed by atoms with Crippen LogP contribution in [0.4, 0.5) is 5.69 Å². The minimum atomic E-state index is -3.69. The first kappa shape index (κ1) is 12.0. The molecule has 0 amide bonds. The van der Waals surface area contributed by atoms with Crippen molar-refractivity contribution in [2.45, 2.75) is 31.1 Å². The SMILES string of the molecule is CC(C)(C)c1cc(N)cc(S(N)(=O)=O)c1. The smallest absolute Gasteiger partial charge is 0.238 e. The second-order valence-electron chi connectivity index (χ2n) is 4.59. The largest absolute Gasteiger partial charge is 0.399 e. The van der Waals surface area contributed by atoms with Gasteiger partial charge < -0.3 is 5.73 Å². The Morgan fingerprint density at radius 1 is 1.13 bits per heavy atom. The van der Waals surface area contributed by atoms with E-state index in [4.69, 9.17) is 10.9 Å². The average Bonchev–Trinajstić information content (AvgIpc) is 1.99. The van der Waals surface area contributed by atoms with Crippen LogP contribution in [0.2, 0.25) is 0 Å². The summed E-state index contributed by atoms with van der Waals surface area (Å²) in [4.78, 5) is 0.0624. The zero-order chi connectivity index (χ0) is 11.9. The molecule has 0 aliphatic carbocycles. The van der Waals surface area contributed by atoms with Crippen LogP contribution in [-0.2, 0) is 15.4 Å². The molecule has 0 spiro atoms. The molecule has 0 atom stereocenters. The molecule has 1 rings (SSSR count). The lowest BCUT2D eigenvalue weighted by Crippen LogP contribution is -2.16. The van der Waals surface area contributed by atoms with Crippen LogP contribution in [0, 0.1) is 0 Å². The Kier molecular flexibility index (Phi) is 2.80. The van der Waals surface area contributed by atoms with Crippen LogP contribution in [0.25, 0.3) is 0 Å². The summed E-state index contributed by atoms with van der Waals surface area (Å²) in [5.41, 5.74) is 6.74. The van der Waals surface area contributed by atoms with E-state index in [1.807, 2.05) is 20.8 Å².